The van der Waals surface area contributed by atoms with E-state index in [1.54, 1.807) is 24.3 Å². The van der Waals surface area contributed by atoms with Crippen molar-refractivity contribution >= 4 is 23.3 Å². The van der Waals surface area contributed by atoms with Crippen LogP contribution in [0.2, 0.25) is 0 Å². The van der Waals surface area contributed by atoms with Crippen LogP contribution in [-0.4, -0.2) is 61.1 Å². The normalized spacial score (nSPS) is 10.4. The van der Waals surface area contributed by atoms with Crippen LogP contribution < -0.4 is 5.32 Å². The first kappa shape index (κ1) is 17.8. The summed E-state index contributed by atoms with van der Waals surface area (Å²) in [5, 5.41) is 2.71. The lowest BCUT2D eigenvalue weighted by Crippen LogP contribution is -2.40. The van der Waals surface area contributed by atoms with Gasteiger partial charge in [-0.25, -0.2) is 0 Å². The highest BCUT2D eigenvalue weighted by Gasteiger charge is 2.14. The zero-order chi connectivity index (χ0) is 16.7. The van der Waals surface area contributed by atoms with Crippen molar-refractivity contribution in [1.82, 2.24) is 9.80 Å². The van der Waals surface area contributed by atoms with E-state index in [9.17, 15) is 14.4 Å². The minimum Gasteiger partial charge on any atom is -0.332 e. The molecule has 1 aromatic carbocycles. The van der Waals surface area contributed by atoms with E-state index >= 15 is 0 Å². The fourth-order valence-electron chi connectivity index (χ4n) is 1.86. The molecule has 0 aliphatic rings. The van der Waals surface area contributed by atoms with E-state index in [1.165, 1.54) is 18.7 Å². The zero-order valence-corrected chi connectivity index (χ0v) is 13.5. The zero-order valence-electron chi connectivity index (χ0n) is 13.5. The van der Waals surface area contributed by atoms with Gasteiger partial charge >= 0.3 is 0 Å². The van der Waals surface area contributed by atoms with E-state index in [-0.39, 0.29) is 24.1 Å². The number of ketones is 1. The smallest absolute Gasteiger partial charge is 0.243 e. The fraction of sp³-hybridized carbons (Fsp3) is 0.438. The van der Waals surface area contributed by atoms with Crippen LogP contribution in [0.3, 0.4) is 0 Å². The molecule has 0 spiro atoms. The summed E-state index contributed by atoms with van der Waals surface area (Å²) in [6, 6.07) is 6.73. The van der Waals surface area contributed by atoms with Gasteiger partial charge in [0.1, 0.15) is 0 Å². The number of carbonyl (C=O) groups is 3. The Morgan fingerprint density at radius 3 is 2.32 bits per heavy atom. The molecule has 0 saturated carbocycles. The van der Waals surface area contributed by atoms with E-state index in [1.807, 2.05) is 19.0 Å². The first-order valence-corrected chi connectivity index (χ1v) is 7.10. The second-order valence-electron chi connectivity index (χ2n) is 5.43. The van der Waals surface area contributed by atoms with Gasteiger partial charge in [0.25, 0.3) is 0 Å². The molecule has 22 heavy (non-hydrogen) atoms. The van der Waals surface area contributed by atoms with Gasteiger partial charge in [0.05, 0.1) is 6.54 Å². The van der Waals surface area contributed by atoms with Gasteiger partial charge in [-0.05, 0) is 33.2 Å². The molecule has 0 radical (unpaired) electrons. The average molecular weight is 305 g/mol. The lowest BCUT2D eigenvalue weighted by atomic mass is 10.1. The summed E-state index contributed by atoms with van der Waals surface area (Å²) < 4.78 is 0. The highest BCUT2D eigenvalue weighted by molar-refractivity contribution is 5.98. The van der Waals surface area contributed by atoms with Gasteiger partial charge in [0.2, 0.25) is 11.8 Å². The van der Waals surface area contributed by atoms with E-state index in [2.05, 4.69) is 5.32 Å². The number of hydrogen-bond donors (Lipinski definition) is 1. The number of carbonyl (C=O) groups excluding carboxylic acids is 3. The number of nitrogens with one attached hydrogen (secondary N) is 1. The third-order valence-corrected chi connectivity index (χ3v) is 3.15. The van der Waals surface area contributed by atoms with Crippen LogP contribution in [0.5, 0.6) is 0 Å². The van der Waals surface area contributed by atoms with Gasteiger partial charge in [0, 0.05) is 31.3 Å². The molecule has 0 atom stereocenters. The Balaban J connectivity index is 2.65. The Hall–Kier alpha value is -2.21. The molecule has 1 aromatic rings. The van der Waals surface area contributed by atoms with Gasteiger partial charge in [-0.3, -0.25) is 14.4 Å². The van der Waals surface area contributed by atoms with E-state index in [4.69, 9.17) is 0 Å². The number of nitrogens with zero attached hydrogens (tertiary/aromatic N) is 2. The quantitative estimate of drug-likeness (QED) is 0.770. The Kier molecular flexibility index (Phi) is 6.72. The SMILES string of the molecule is CC(=O)c1cccc(NC(=O)CN(CCN(C)C)C(C)=O)c1. The van der Waals surface area contributed by atoms with Gasteiger partial charge in [0.15, 0.2) is 5.78 Å². The van der Waals surface area contributed by atoms with Crippen LogP contribution >= 0.6 is 0 Å². The molecule has 0 aliphatic heterocycles. The standard InChI is InChI=1S/C16H23N3O3/c1-12(20)14-6-5-7-15(10-14)17-16(22)11-19(13(2)21)9-8-18(3)4/h5-7,10H,8-9,11H2,1-4H3,(H,17,22). The van der Waals surface area contributed by atoms with E-state index in [0.29, 0.717) is 24.3 Å². The second kappa shape index (κ2) is 8.29. The molecule has 0 unspecified atom stereocenters. The highest BCUT2D eigenvalue weighted by Crippen LogP contribution is 2.11. The number of rotatable bonds is 7. The monoisotopic (exact) mass is 305 g/mol. The lowest BCUT2D eigenvalue weighted by Gasteiger charge is -2.22. The fourth-order valence-corrected chi connectivity index (χ4v) is 1.86. The Morgan fingerprint density at radius 2 is 1.77 bits per heavy atom. The molecule has 2 amide bonds. The predicted octanol–water partition coefficient (Wildman–Crippen LogP) is 1.24. The molecular formula is C16H23N3O3. The van der Waals surface area contributed by atoms with Gasteiger partial charge in [-0.2, -0.15) is 0 Å². The van der Waals surface area contributed by atoms with Crippen molar-refractivity contribution in [3.05, 3.63) is 29.8 Å². The minimum absolute atomic E-state index is 0.00648. The maximum Gasteiger partial charge on any atom is 0.243 e. The molecule has 0 aromatic heterocycles. The molecule has 1 N–H and O–H groups in total. The third kappa shape index (κ3) is 6.05. The largest absolute Gasteiger partial charge is 0.332 e. The van der Waals surface area contributed by atoms with Crippen molar-refractivity contribution in [3.8, 4) is 0 Å². The van der Waals surface area contributed by atoms with Crippen molar-refractivity contribution in [1.29, 1.82) is 0 Å². The molecule has 6 heteroatoms. The summed E-state index contributed by atoms with van der Waals surface area (Å²) in [6.07, 6.45) is 0. The minimum atomic E-state index is -0.283. The van der Waals surface area contributed by atoms with Crippen LogP contribution in [0.4, 0.5) is 5.69 Å². The van der Waals surface area contributed by atoms with Crippen LogP contribution in [0.25, 0.3) is 0 Å². The molecule has 120 valence electrons. The summed E-state index contributed by atoms with van der Waals surface area (Å²) in [5.41, 5.74) is 1.09. The van der Waals surface area contributed by atoms with E-state index in [0.717, 1.165) is 0 Å². The van der Waals surface area contributed by atoms with Crippen LogP contribution in [0.15, 0.2) is 24.3 Å². The summed E-state index contributed by atoms with van der Waals surface area (Å²) in [7, 11) is 3.82. The first-order chi connectivity index (χ1) is 10.3. The Bertz CT molecular complexity index is 555. The van der Waals surface area contributed by atoms with Crippen molar-refractivity contribution in [2.75, 3.05) is 39.0 Å². The highest BCUT2D eigenvalue weighted by atomic mass is 16.2. The number of Topliss-reactive ketones (excluding diaryl/α,β-unsaturated/α-hetero) is 1. The average Bonchev–Trinajstić information content (AvgIpc) is 2.43. The van der Waals surface area contributed by atoms with Gasteiger partial charge in [-0.1, -0.05) is 12.1 Å². The predicted molar refractivity (Wildman–Crippen MR) is 85.9 cm³/mol. The first-order valence-electron chi connectivity index (χ1n) is 7.10. The summed E-state index contributed by atoms with van der Waals surface area (Å²) in [4.78, 5) is 38.4. The lowest BCUT2D eigenvalue weighted by molar-refractivity contribution is -0.132. The maximum absolute atomic E-state index is 12.0. The molecule has 0 fully saturated rings. The van der Waals surface area contributed by atoms with Crippen molar-refractivity contribution in [2.45, 2.75) is 13.8 Å². The molecular weight excluding hydrogens is 282 g/mol. The molecule has 0 bridgehead atoms. The number of benzene rings is 1. The maximum atomic E-state index is 12.0. The van der Waals surface area contributed by atoms with E-state index < -0.39 is 0 Å². The van der Waals surface area contributed by atoms with Crippen molar-refractivity contribution in [2.24, 2.45) is 0 Å². The number of amides is 2. The van der Waals surface area contributed by atoms with Crippen molar-refractivity contribution < 1.29 is 14.4 Å². The third-order valence-electron chi connectivity index (χ3n) is 3.15. The summed E-state index contributed by atoms with van der Waals surface area (Å²) >= 11 is 0. The molecule has 6 nitrogen and oxygen atoms in total. The molecule has 0 aliphatic carbocycles. The number of anilines is 1. The van der Waals surface area contributed by atoms with Gasteiger partial charge < -0.3 is 15.1 Å². The van der Waals surface area contributed by atoms with Crippen molar-refractivity contribution in [3.63, 3.8) is 0 Å². The molecule has 0 saturated heterocycles. The summed E-state index contributed by atoms with van der Waals surface area (Å²) in [5.74, 6) is -0.489. The van der Waals surface area contributed by atoms with Crippen LogP contribution in [0, 0.1) is 0 Å². The van der Waals surface area contributed by atoms with Gasteiger partial charge in [-0.15, -0.1) is 0 Å². The van der Waals surface area contributed by atoms with Crippen LogP contribution in [-0.2, 0) is 9.59 Å². The summed E-state index contributed by atoms with van der Waals surface area (Å²) in [6.45, 7) is 4.09. The number of likely N-dealkylation sites (N-methyl/N-ethyl adjacent to an activating group) is 1. The molecule has 0 heterocycles. The van der Waals surface area contributed by atoms with Crippen LogP contribution in [0.1, 0.15) is 24.2 Å². The number of hydrogen-bond acceptors (Lipinski definition) is 4. The molecule has 1 rings (SSSR count). The Labute approximate surface area is 131 Å². The Morgan fingerprint density at radius 1 is 1.09 bits per heavy atom. The second-order valence-corrected chi connectivity index (χ2v) is 5.43. The topological polar surface area (TPSA) is 69.7 Å².